The van der Waals surface area contributed by atoms with Crippen LogP contribution in [0, 0.1) is 0 Å². The van der Waals surface area contributed by atoms with Crippen LogP contribution < -0.4 is 0 Å². The summed E-state index contributed by atoms with van der Waals surface area (Å²) in [5, 5.41) is 7.63. The standard InChI is InChI=1S/C8H12N2.C7H11N3.2CH4/c1-8(2,3)7-6-9-4-5-10-7;1-7(2,3)6-4-8-5-9-10-6;;/h4-6H,1-3H3;4-5H,1-3H3;2*1H4. The van der Waals surface area contributed by atoms with Crippen molar-refractivity contribution < 1.29 is 0 Å². The highest BCUT2D eigenvalue weighted by Crippen LogP contribution is 2.17. The highest BCUT2D eigenvalue weighted by molar-refractivity contribution is 5.07. The van der Waals surface area contributed by atoms with Crippen LogP contribution in [-0.4, -0.2) is 25.1 Å². The summed E-state index contributed by atoms with van der Waals surface area (Å²) in [5.74, 6) is 0. The van der Waals surface area contributed by atoms with E-state index in [1.807, 2.05) is 0 Å². The highest BCUT2D eigenvalue weighted by Gasteiger charge is 2.15. The van der Waals surface area contributed by atoms with Crippen molar-refractivity contribution in [1.82, 2.24) is 25.1 Å². The summed E-state index contributed by atoms with van der Waals surface area (Å²) < 4.78 is 0. The molecule has 0 unspecified atom stereocenters. The van der Waals surface area contributed by atoms with Crippen molar-refractivity contribution in [2.24, 2.45) is 0 Å². The first-order valence-electron chi connectivity index (χ1n) is 6.61. The monoisotopic (exact) mass is 305 g/mol. The third-order valence-corrected chi connectivity index (χ3v) is 2.58. The van der Waals surface area contributed by atoms with E-state index in [0.29, 0.717) is 0 Å². The normalized spacial score (nSPS) is 10.5. The zero-order valence-electron chi connectivity index (χ0n) is 13.1. The van der Waals surface area contributed by atoms with Gasteiger partial charge in [0, 0.05) is 29.4 Å². The second-order valence-electron chi connectivity index (χ2n) is 6.59. The molecule has 0 bridgehead atoms. The van der Waals surface area contributed by atoms with E-state index >= 15 is 0 Å². The molecule has 0 spiro atoms. The summed E-state index contributed by atoms with van der Waals surface area (Å²) in [5.41, 5.74) is 2.14. The lowest BCUT2D eigenvalue weighted by molar-refractivity contribution is 0.553. The average molecular weight is 305 g/mol. The number of hydrogen-bond donors (Lipinski definition) is 0. The molecule has 2 aromatic rings. The summed E-state index contributed by atoms with van der Waals surface area (Å²) in [6.45, 7) is 12.6. The molecule has 0 fully saturated rings. The molecular formula is C17H31N5. The first-order valence-corrected chi connectivity index (χ1v) is 6.61. The van der Waals surface area contributed by atoms with Gasteiger partial charge in [-0.2, -0.15) is 5.10 Å². The molecule has 0 radical (unpaired) electrons. The van der Waals surface area contributed by atoms with Crippen LogP contribution in [0.2, 0.25) is 0 Å². The van der Waals surface area contributed by atoms with Gasteiger partial charge in [0.05, 0.1) is 17.6 Å². The van der Waals surface area contributed by atoms with Crippen LogP contribution in [0.5, 0.6) is 0 Å². The molecule has 0 aliphatic carbocycles. The van der Waals surface area contributed by atoms with Crippen molar-refractivity contribution in [3.8, 4) is 0 Å². The largest absolute Gasteiger partial charge is 0.261 e. The van der Waals surface area contributed by atoms with Crippen molar-refractivity contribution in [2.75, 3.05) is 0 Å². The van der Waals surface area contributed by atoms with Crippen LogP contribution in [0.25, 0.3) is 0 Å². The zero-order valence-corrected chi connectivity index (χ0v) is 13.1. The molecule has 2 aromatic heterocycles. The number of hydrogen-bond acceptors (Lipinski definition) is 5. The molecule has 5 heteroatoms. The zero-order chi connectivity index (χ0) is 15.2. The van der Waals surface area contributed by atoms with E-state index in [1.54, 1.807) is 24.8 Å². The Hall–Kier alpha value is -1.91. The molecule has 0 amide bonds. The third kappa shape index (κ3) is 7.76. The van der Waals surface area contributed by atoms with E-state index in [0.717, 1.165) is 11.4 Å². The molecule has 0 aliphatic heterocycles. The van der Waals surface area contributed by atoms with Crippen molar-refractivity contribution in [1.29, 1.82) is 0 Å². The summed E-state index contributed by atoms with van der Waals surface area (Å²) in [6.07, 6.45) is 8.40. The van der Waals surface area contributed by atoms with Gasteiger partial charge in [0.25, 0.3) is 0 Å². The smallest absolute Gasteiger partial charge is 0.138 e. The van der Waals surface area contributed by atoms with Gasteiger partial charge >= 0.3 is 0 Å². The topological polar surface area (TPSA) is 64.5 Å². The van der Waals surface area contributed by atoms with Crippen molar-refractivity contribution in [3.63, 3.8) is 0 Å². The summed E-state index contributed by atoms with van der Waals surface area (Å²) in [4.78, 5) is 12.1. The Balaban J connectivity index is 0. The van der Waals surface area contributed by atoms with Crippen molar-refractivity contribution in [2.45, 2.75) is 67.2 Å². The summed E-state index contributed by atoms with van der Waals surface area (Å²) >= 11 is 0. The minimum atomic E-state index is 0. The second-order valence-corrected chi connectivity index (χ2v) is 6.59. The Kier molecular flexibility index (Phi) is 9.33. The quantitative estimate of drug-likeness (QED) is 0.729. The second kappa shape index (κ2) is 9.18. The maximum Gasteiger partial charge on any atom is 0.138 e. The molecule has 124 valence electrons. The van der Waals surface area contributed by atoms with Crippen LogP contribution in [0.4, 0.5) is 0 Å². The van der Waals surface area contributed by atoms with E-state index in [2.05, 4.69) is 66.7 Å². The Labute approximate surface area is 135 Å². The maximum atomic E-state index is 4.19. The minimum Gasteiger partial charge on any atom is -0.261 e. The van der Waals surface area contributed by atoms with E-state index < -0.39 is 0 Å². The van der Waals surface area contributed by atoms with Gasteiger partial charge in [-0.15, -0.1) is 5.10 Å². The maximum absolute atomic E-state index is 4.19. The first kappa shape index (κ1) is 22.4. The van der Waals surface area contributed by atoms with Gasteiger partial charge in [-0.25, -0.2) is 4.98 Å². The van der Waals surface area contributed by atoms with Crippen LogP contribution in [0.1, 0.15) is 67.8 Å². The van der Waals surface area contributed by atoms with Crippen molar-refractivity contribution in [3.05, 3.63) is 42.5 Å². The Bertz CT molecular complexity index is 449. The fourth-order valence-electron chi connectivity index (χ4n) is 1.28. The Morgan fingerprint density at radius 1 is 0.727 bits per heavy atom. The van der Waals surface area contributed by atoms with Gasteiger partial charge in [0.15, 0.2) is 0 Å². The van der Waals surface area contributed by atoms with E-state index in [9.17, 15) is 0 Å². The van der Waals surface area contributed by atoms with E-state index in [4.69, 9.17) is 0 Å². The van der Waals surface area contributed by atoms with E-state index in [-0.39, 0.29) is 25.7 Å². The minimum absolute atomic E-state index is 0. The molecule has 0 aromatic carbocycles. The molecule has 0 N–H and O–H groups in total. The first-order chi connectivity index (χ1) is 9.21. The Morgan fingerprint density at radius 3 is 1.55 bits per heavy atom. The molecule has 5 nitrogen and oxygen atoms in total. The molecule has 22 heavy (non-hydrogen) atoms. The van der Waals surface area contributed by atoms with E-state index in [1.165, 1.54) is 6.33 Å². The third-order valence-electron chi connectivity index (χ3n) is 2.58. The molecule has 0 saturated heterocycles. The van der Waals surface area contributed by atoms with Crippen LogP contribution >= 0.6 is 0 Å². The lowest BCUT2D eigenvalue weighted by Gasteiger charge is -2.15. The SMILES string of the molecule is C.C.CC(C)(C)c1cnccn1.CC(C)(C)c1cncnn1. The van der Waals surface area contributed by atoms with Gasteiger partial charge in [-0.05, 0) is 0 Å². The number of nitrogens with zero attached hydrogens (tertiary/aromatic N) is 5. The average Bonchev–Trinajstić information content (AvgIpc) is 2.40. The van der Waals surface area contributed by atoms with Crippen LogP contribution in [-0.2, 0) is 10.8 Å². The molecule has 2 rings (SSSR count). The van der Waals surface area contributed by atoms with Crippen molar-refractivity contribution >= 4 is 0 Å². The van der Waals surface area contributed by atoms with Crippen LogP contribution in [0.15, 0.2) is 31.1 Å². The Morgan fingerprint density at radius 2 is 1.27 bits per heavy atom. The van der Waals surface area contributed by atoms with Gasteiger partial charge in [-0.3, -0.25) is 9.97 Å². The van der Waals surface area contributed by atoms with Gasteiger partial charge in [0.2, 0.25) is 0 Å². The predicted molar refractivity (Wildman–Crippen MR) is 92.7 cm³/mol. The molecular weight excluding hydrogens is 274 g/mol. The highest BCUT2D eigenvalue weighted by atomic mass is 15.1. The van der Waals surface area contributed by atoms with Crippen LogP contribution in [0.3, 0.4) is 0 Å². The van der Waals surface area contributed by atoms with Gasteiger partial charge in [-0.1, -0.05) is 56.4 Å². The van der Waals surface area contributed by atoms with Gasteiger partial charge < -0.3 is 0 Å². The molecule has 0 aliphatic rings. The molecule has 0 saturated carbocycles. The summed E-state index contributed by atoms with van der Waals surface area (Å²) in [7, 11) is 0. The summed E-state index contributed by atoms with van der Waals surface area (Å²) in [6, 6.07) is 0. The lowest BCUT2D eigenvalue weighted by atomic mass is 9.93. The fourth-order valence-corrected chi connectivity index (χ4v) is 1.28. The number of aromatic nitrogens is 5. The fraction of sp³-hybridized carbons (Fsp3) is 0.588. The lowest BCUT2D eigenvalue weighted by Crippen LogP contribution is -2.14. The van der Waals surface area contributed by atoms with Gasteiger partial charge in [0.1, 0.15) is 6.33 Å². The molecule has 0 atom stereocenters. The number of rotatable bonds is 0. The predicted octanol–water partition coefficient (Wildman–Crippen LogP) is 4.22. The molecule has 2 heterocycles.